The van der Waals surface area contributed by atoms with Crippen LogP contribution in [0.2, 0.25) is 0 Å². The maximum Gasteiger partial charge on any atom is 0.303 e. The highest BCUT2D eigenvalue weighted by Crippen LogP contribution is 2.36. The molecule has 1 amide bonds. The molecule has 0 bridgehead atoms. The summed E-state index contributed by atoms with van der Waals surface area (Å²) in [7, 11) is 0. The van der Waals surface area contributed by atoms with E-state index in [1.807, 2.05) is 79.3 Å². The number of carboxylic acid groups (broad SMARTS) is 1. The Hall–Kier alpha value is -3.43. The monoisotopic (exact) mass is 535 g/mol. The first kappa shape index (κ1) is 26.6. The van der Waals surface area contributed by atoms with E-state index in [0.29, 0.717) is 35.2 Å². The quantitative estimate of drug-likeness (QED) is 0.181. The molecular formula is C28H29N3O4S2. The average molecular weight is 536 g/mol. The summed E-state index contributed by atoms with van der Waals surface area (Å²) >= 11 is 6.78. The second kappa shape index (κ2) is 12.2. The number of para-hydroxylation sites is 1. The van der Waals surface area contributed by atoms with E-state index in [2.05, 4.69) is 0 Å². The zero-order chi connectivity index (χ0) is 26.4. The van der Waals surface area contributed by atoms with Gasteiger partial charge in [-0.3, -0.25) is 14.5 Å². The molecule has 1 aliphatic rings. The zero-order valence-electron chi connectivity index (χ0n) is 20.8. The molecule has 1 N–H and O–H groups in total. The summed E-state index contributed by atoms with van der Waals surface area (Å²) in [6, 6.07) is 15.8. The summed E-state index contributed by atoms with van der Waals surface area (Å²) < 4.78 is 7.99. The van der Waals surface area contributed by atoms with Gasteiger partial charge in [-0.1, -0.05) is 48.6 Å². The van der Waals surface area contributed by atoms with Crippen LogP contribution in [0.25, 0.3) is 23.0 Å². The molecule has 2 heterocycles. The van der Waals surface area contributed by atoms with E-state index in [0.717, 1.165) is 40.2 Å². The maximum absolute atomic E-state index is 13.2. The molecule has 37 heavy (non-hydrogen) atoms. The van der Waals surface area contributed by atoms with Crippen LogP contribution in [-0.2, 0) is 9.59 Å². The van der Waals surface area contributed by atoms with Gasteiger partial charge in [-0.05, 0) is 68.7 Å². The lowest BCUT2D eigenvalue weighted by Gasteiger charge is -2.13. The van der Waals surface area contributed by atoms with Crippen LogP contribution < -0.4 is 4.74 Å². The Balaban J connectivity index is 1.63. The van der Waals surface area contributed by atoms with Gasteiger partial charge in [-0.15, -0.1) is 0 Å². The lowest BCUT2D eigenvalue weighted by Crippen LogP contribution is -2.29. The molecule has 1 aliphatic heterocycles. The maximum atomic E-state index is 13.2. The van der Waals surface area contributed by atoms with Crippen molar-refractivity contribution >= 4 is 46.3 Å². The van der Waals surface area contributed by atoms with Crippen molar-refractivity contribution in [1.29, 1.82) is 0 Å². The average Bonchev–Trinajstić information content (AvgIpc) is 3.40. The Bertz CT molecular complexity index is 1330. The number of unbranched alkanes of at least 4 members (excludes halogenated alkanes) is 2. The summed E-state index contributed by atoms with van der Waals surface area (Å²) in [5.74, 6) is -0.129. The molecular weight excluding hydrogens is 506 g/mol. The standard InChI is InChI=1S/C28H29N3O4S2/c1-3-35-22-13-14-23(19(2)16-22)26-20(18-31(29-26)21-10-6-4-7-11-21)17-24-27(34)30(28(36)37-24)15-9-5-8-12-25(32)33/h4,6-7,10-11,13-14,16-18H,3,5,8-9,12,15H2,1-2H3,(H,32,33)/b24-17-. The highest BCUT2D eigenvalue weighted by molar-refractivity contribution is 8.26. The van der Waals surface area contributed by atoms with Gasteiger partial charge >= 0.3 is 5.97 Å². The van der Waals surface area contributed by atoms with Crippen molar-refractivity contribution in [3.8, 4) is 22.7 Å². The van der Waals surface area contributed by atoms with Crippen molar-refractivity contribution in [3.63, 3.8) is 0 Å². The number of nitrogens with zero attached hydrogens (tertiary/aromatic N) is 3. The number of aromatic nitrogens is 2. The molecule has 0 saturated carbocycles. The molecule has 4 rings (SSSR count). The van der Waals surface area contributed by atoms with Crippen LogP contribution in [0.15, 0.2) is 59.6 Å². The number of benzene rings is 2. The van der Waals surface area contributed by atoms with Crippen LogP contribution >= 0.6 is 24.0 Å². The van der Waals surface area contributed by atoms with Crippen molar-refractivity contribution in [2.75, 3.05) is 13.2 Å². The van der Waals surface area contributed by atoms with E-state index in [9.17, 15) is 9.59 Å². The lowest BCUT2D eigenvalue weighted by atomic mass is 10.0. The molecule has 0 radical (unpaired) electrons. The molecule has 3 aromatic rings. The van der Waals surface area contributed by atoms with E-state index in [1.165, 1.54) is 11.8 Å². The van der Waals surface area contributed by atoms with Crippen LogP contribution in [0.1, 0.15) is 43.7 Å². The van der Waals surface area contributed by atoms with Crippen LogP contribution in [0.3, 0.4) is 0 Å². The van der Waals surface area contributed by atoms with Gasteiger partial charge in [-0.2, -0.15) is 5.10 Å². The number of carbonyl (C=O) groups excluding carboxylic acids is 1. The van der Waals surface area contributed by atoms with Crippen molar-refractivity contribution in [1.82, 2.24) is 14.7 Å². The lowest BCUT2D eigenvalue weighted by molar-refractivity contribution is -0.137. The van der Waals surface area contributed by atoms with Gasteiger partial charge in [0.25, 0.3) is 5.91 Å². The fourth-order valence-electron chi connectivity index (χ4n) is 4.13. The van der Waals surface area contributed by atoms with Crippen molar-refractivity contribution in [3.05, 3.63) is 70.8 Å². The van der Waals surface area contributed by atoms with E-state index in [-0.39, 0.29) is 12.3 Å². The molecule has 1 fully saturated rings. The Morgan fingerprint density at radius 3 is 2.65 bits per heavy atom. The van der Waals surface area contributed by atoms with Gasteiger partial charge in [0.05, 0.1) is 17.2 Å². The number of ether oxygens (including phenoxy) is 1. The number of amides is 1. The topological polar surface area (TPSA) is 84.7 Å². The third-order valence-electron chi connectivity index (χ3n) is 5.96. The Morgan fingerprint density at radius 1 is 1.16 bits per heavy atom. The molecule has 0 spiro atoms. The first-order valence-electron chi connectivity index (χ1n) is 12.2. The predicted molar refractivity (Wildman–Crippen MR) is 151 cm³/mol. The van der Waals surface area contributed by atoms with Crippen molar-refractivity contribution in [2.45, 2.75) is 39.5 Å². The van der Waals surface area contributed by atoms with E-state index in [4.69, 9.17) is 27.2 Å². The molecule has 7 nitrogen and oxygen atoms in total. The van der Waals surface area contributed by atoms with Gasteiger partial charge in [0, 0.05) is 30.3 Å². The molecule has 1 aromatic heterocycles. The number of rotatable bonds is 11. The van der Waals surface area contributed by atoms with Gasteiger partial charge in [0.2, 0.25) is 0 Å². The number of carbonyl (C=O) groups is 2. The highest BCUT2D eigenvalue weighted by atomic mass is 32.2. The summed E-state index contributed by atoms with van der Waals surface area (Å²) in [5, 5.41) is 13.7. The number of aryl methyl sites for hydroxylation is 1. The Morgan fingerprint density at radius 2 is 1.95 bits per heavy atom. The Labute approximate surface area is 226 Å². The number of hydrogen-bond donors (Lipinski definition) is 1. The first-order valence-corrected chi connectivity index (χ1v) is 13.5. The number of hydrogen-bond acceptors (Lipinski definition) is 6. The van der Waals surface area contributed by atoms with Gasteiger partial charge in [-0.25, -0.2) is 4.68 Å². The minimum Gasteiger partial charge on any atom is -0.494 e. The fraction of sp³-hybridized carbons (Fsp3) is 0.286. The molecule has 192 valence electrons. The third-order valence-corrected chi connectivity index (χ3v) is 7.34. The summed E-state index contributed by atoms with van der Waals surface area (Å²) in [4.78, 5) is 26.1. The van der Waals surface area contributed by atoms with E-state index in [1.54, 1.807) is 4.90 Å². The number of thioether (sulfide) groups is 1. The number of carboxylic acids is 1. The number of aliphatic carboxylic acids is 1. The van der Waals surface area contributed by atoms with Crippen molar-refractivity contribution in [2.24, 2.45) is 0 Å². The Kier molecular flexibility index (Phi) is 8.78. The largest absolute Gasteiger partial charge is 0.494 e. The van der Waals surface area contributed by atoms with Crippen LogP contribution in [0, 0.1) is 6.92 Å². The third kappa shape index (κ3) is 6.47. The van der Waals surface area contributed by atoms with E-state index >= 15 is 0 Å². The summed E-state index contributed by atoms with van der Waals surface area (Å²) in [5.41, 5.74) is 4.48. The second-order valence-electron chi connectivity index (χ2n) is 8.66. The van der Waals surface area contributed by atoms with E-state index < -0.39 is 5.97 Å². The molecule has 0 unspecified atom stereocenters. The van der Waals surface area contributed by atoms with Crippen LogP contribution in [0.4, 0.5) is 0 Å². The summed E-state index contributed by atoms with van der Waals surface area (Å²) in [6.45, 7) is 5.05. The normalized spacial score (nSPS) is 14.5. The van der Waals surface area contributed by atoms with Crippen LogP contribution in [-0.4, -0.2) is 49.1 Å². The molecule has 0 atom stereocenters. The minimum atomic E-state index is -0.803. The fourth-order valence-corrected chi connectivity index (χ4v) is 5.43. The van der Waals surface area contributed by atoms with Gasteiger partial charge in [0.1, 0.15) is 15.8 Å². The van der Waals surface area contributed by atoms with Gasteiger partial charge in [0.15, 0.2) is 0 Å². The molecule has 0 aliphatic carbocycles. The molecule has 9 heteroatoms. The van der Waals surface area contributed by atoms with Crippen molar-refractivity contribution < 1.29 is 19.4 Å². The molecule has 1 saturated heterocycles. The minimum absolute atomic E-state index is 0.130. The smallest absolute Gasteiger partial charge is 0.303 e. The van der Waals surface area contributed by atoms with Crippen LogP contribution in [0.5, 0.6) is 5.75 Å². The highest BCUT2D eigenvalue weighted by Gasteiger charge is 2.32. The van der Waals surface area contributed by atoms with Gasteiger partial charge < -0.3 is 9.84 Å². The molecule has 2 aromatic carbocycles. The predicted octanol–water partition coefficient (Wildman–Crippen LogP) is 6.09. The zero-order valence-corrected chi connectivity index (χ0v) is 22.5. The first-order chi connectivity index (χ1) is 17.9. The second-order valence-corrected chi connectivity index (χ2v) is 10.3. The summed E-state index contributed by atoms with van der Waals surface area (Å²) in [6.07, 6.45) is 5.95. The SMILES string of the molecule is CCOc1ccc(-c2nn(-c3ccccc3)cc2/C=C2\SC(=S)N(CCCCCC(=O)O)C2=O)c(C)c1. The number of thiocarbonyl (C=S) groups is 1.